The Morgan fingerprint density at radius 1 is 1.14 bits per heavy atom. The molecule has 2 N–H and O–H groups in total. The van der Waals surface area contributed by atoms with Crippen LogP contribution in [-0.2, 0) is 9.59 Å². The summed E-state index contributed by atoms with van der Waals surface area (Å²) in [6, 6.07) is 0. The fourth-order valence-electron chi connectivity index (χ4n) is 8.57. The molecule has 0 spiro atoms. The second-order valence-corrected chi connectivity index (χ2v) is 10.1. The number of hydrogen-bond acceptors (Lipinski definition) is 3. The summed E-state index contributed by atoms with van der Waals surface area (Å²) in [6.45, 7) is 2.20. The molecule has 0 aromatic rings. The molecule has 4 saturated carbocycles. The van der Waals surface area contributed by atoms with E-state index in [0.29, 0.717) is 41.8 Å². The molecule has 152 valence electrons. The van der Waals surface area contributed by atoms with Gasteiger partial charge in [-0.15, -0.1) is 0 Å². The third-order valence-corrected chi connectivity index (χ3v) is 9.64. The maximum absolute atomic E-state index is 11.9. The van der Waals surface area contributed by atoms with Crippen LogP contribution in [0.4, 0.5) is 0 Å². The van der Waals surface area contributed by atoms with Crippen molar-refractivity contribution in [3.05, 3.63) is 23.8 Å². The Kier molecular flexibility index (Phi) is 4.18. The second kappa shape index (κ2) is 6.29. The standard InChI is InChI=1S/C24H32O4/c1-2-23-11-9-17-16-6-4-15(25)13-14(16)3-5-18(17)22(23)19-7-8-20(19)24(23,28)12-10-21(26)27/h10,12-13,16-20,22,28H,2-9,11H2,1H3,(H,26,27)/b12-10-/t16-,17+,18+,19+,20-,22+,23-,24-/m0/s1. The monoisotopic (exact) mass is 384 g/mol. The largest absolute Gasteiger partial charge is 0.478 e. The molecule has 0 aliphatic heterocycles. The van der Waals surface area contributed by atoms with Crippen molar-refractivity contribution < 1.29 is 19.8 Å². The summed E-state index contributed by atoms with van der Waals surface area (Å²) in [5, 5.41) is 21.1. The third kappa shape index (κ3) is 2.27. The van der Waals surface area contributed by atoms with Gasteiger partial charge in [0.25, 0.3) is 0 Å². The summed E-state index contributed by atoms with van der Waals surface area (Å²) in [5.74, 6) is 2.41. The van der Waals surface area contributed by atoms with E-state index in [1.54, 1.807) is 6.08 Å². The Labute approximate surface area is 167 Å². The maximum Gasteiger partial charge on any atom is 0.328 e. The molecule has 5 rings (SSSR count). The van der Waals surface area contributed by atoms with Crippen LogP contribution in [0.5, 0.6) is 0 Å². The van der Waals surface area contributed by atoms with Gasteiger partial charge in [-0.2, -0.15) is 0 Å². The van der Waals surface area contributed by atoms with E-state index in [2.05, 4.69) is 6.92 Å². The van der Waals surface area contributed by atoms with Crippen LogP contribution in [0.2, 0.25) is 0 Å². The zero-order valence-electron chi connectivity index (χ0n) is 16.8. The van der Waals surface area contributed by atoms with E-state index < -0.39 is 11.6 Å². The number of hydrogen-bond donors (Lipinski definition) is 2. The fraction of sp³-hybridized carbons (Fsp3) is 0.750. The highest BCUT2D eigenvalue weighted by atomic mass is 16.4. The van der Waals surface area contributed by atoms with Crippen LogP contribution in [0, 0.1) is 40.9 Å². The second-order valence-electron chi connectivity index (χ2n) is 10.1. The van der Waals surface area contributed by atoms with Crippen LogP contribution >= 0.6 is 0 Å². The summed E-state index contributed by atoms with van der Waals surface area (Å²) in [7, 11) is 0. The van der Waals surface area contributed by atoms with Crippen LogP contribution in [0.25, 0.3) is 0 Å². The molecular weight excluding hydrogens is 352 g/mol. The molecule has 0 saturated heterocycles. The number of carbonyl (C=O) groups is 2. The highest BCUT2D eigenvalue weighted by Crippen LogP contribution is 2.74. The average Bonchev–Trinajstić information content (AvgIpc) is 2.79. The van der Waals surface area contributed by atoms with Crippen molar-refractivity contribution in [3.8, 4) is 0 Å². The Morgan fingerprint density at radius 3 is 2.64 bits per heavy atom. The smallest absolute Gasteiger partial charge is 0.328 e. The molecule has 4 nitrogen and oxygen atoms in total. The van der Waals surface area contributed by atoms with Gasteiger partial charge in [-0.1, -0.05) is 12.5 Å². The van der Waals surface area contributed by atoms with Gasteiger partial charge in [-0.05, 0) is 99.0 Å². The highest BCUT2D eigenvalue weighted by molar-refractivity contribution is 5.91. The van der Waals surface area contributed by atoms with Crippen molar-refractivity contribution in [1.82, 2.24) is 0 Å². The van der Waals surface area contributed by atoms with Crippen LogP contribution in [0.15, 0.2) is 23.8 Å². The van der Waals surface area contributed by atoms with Gasteiger partial charge in [-0.3, -0.25) is 4.79 Å². The normalized spacial score (nSPS) is 49.5. The first-order chi connectivity index (χ1) is 13.4. The van der Waals surface area contributed by atoms with Crippen molar-refractivity contribution in [2.45, 2.75) is 70.3 Å². The number of ketones is 1. The molecular formula is C24H32O4. The number of carbonyl (C=O) groups excluding carboxylic acids is 1. The van der Waals surface area contributed by atoms with Crippen LogP contribution in [0.1, 0.15) is 64.7 Å². The molecule has 0 aromatic carbocycles. The van der Waals surface area contributed by atoms with Gasteiger partial charge in [0.2, 0.25) is 0 Å². The molecule has 28 heavy (non-hydrogen) atoms. The molecule has 5 aliphatic rings. The van der Waals surface area contributed by atoms with Gasteiger partial charge < -0.3 is 10.2 Å². The SMILES string of the molecule is CC[C@]12CC[C@H]3[C@@H](CCC4=CC(=O)CC[C@@H]43)[C@@H]1[C@@H]1CC[C@@H]1[C@@]2(O)/C=C\C(=O)O. The maximum atomic E-state index is 11.9. The van der Waals surface area contributed by atoms with Gasteiger partial charge in [-0.25, -0.2) is 4.79 Å². The minimum absolute atomic E-state index is 0.183. The van der Waals surface area contributed by atoms with E-state index in [1.165, 1.54) is 18.1 Å². The Hall–Kier alpha value is -1.42. The molecule has 4 heteroatoms. The number of rotatable bonds is 3. The van der Waals surface area contributed by atoms with Crippen molar-refractivity contribution in [2.24, 2.45) is 40.9 Å². The number of fused-ring (bicyclic) bond motifs is 7. The minimum atomic E-state index is -0.975. The molecule has 5 aliphatic carbocycles. The number of carboxylic acid groups (broad SMARTS) is 1. The predicted octanol–water partition coefficient (Wildman–Crippen LogP) is 4.14. The number of aliphatic hydroxyl groups is 1. The zero-order valence-corrected chi connectivity index (χ0v) is 16.8. The van der Waals surface area contributed by atoms with E-state index >= 15 is 0 Å². The van der Waals surface area contributed by atoms with Crippen molar-refractivity contribution in [1.29, 1.82) is 0 Å². The topological polar surface area (TPSA) is 74.6 Å². The molecule has 0 aromatic heterocycles. The van der Waals surface area contributed by atoms with Gasteiger partial charge in [0.1, 0.15) is 0 Å². The number of carboxylic acids is 1. The van der Waals surface area contributed by atoms with Gasteiger partial charge in [0, 0.05) is 17.9 Å². The van der Waals surface area contributed by atoms with E-state index in [4.69, 9.17) is 0 Å². The highest BCUT2D eigenvalue weighted by Gasteiger charge is 2.72. The Balaban J connectivity index is 1.53. The summed E-state index contributed by atoms with van der Waals surface area (Å²) in [4.78, 5) is 23.1. The molecule has 0 radical (unpaired) electrons. The van der Waals surface area contributed by atoms with Gasteiger partial charge >= 0.3 is 5.97 Å². The van der Waals surface area contributed by atoms with Crippen LogP contribution < -0.4 is 0 Å². The van der Waals surface area contributed by atoms with Crippen LogP contribution in [0.3, 0.4) is 0 Å². The number of allylic oxidation sites excluding steroid dienone is 1. The minimum Gasteiger partial charge on any atom is -0.478 e. The quantitative estimate of drug-likeness (QED) is 0.717. The lowest BCUT2D eigenvalue weighted by atomic mass is 9.48. The summed E-state index contributed by atoms with van der Waals surface area (Å²) < 4.78 is 0. The Bertz CT molecular complexity index is 767. The Morgan fingerprint density at radius 2 is 1.96 bits per heavy atom. The first-order valence-corrected chi connectivity index (χ1v) is 11.3. The zero-order chi connectivity index (χ0) is 19.7. The van der Waals surface area contributed by atoms with E-state index in [1.807, 2.05) is 6.08 Å². The summed E-state index contributed by atoms with van der Waals surface area (Å²) >= 11 is 0. The fourth-order valence-corrected chi connectivity index (χ4v) is 8.57. The lowest BCUT2D eigenvalue weighted by Gasteiger charge is -2.57. The van der Waals surface area contributed by atoms with Crippen molar-refractivity contribution >= 4 is 11.8 Å². The van der Waals surface area contributed by atoms with E-state index in [0.717, 1.165) is 44.9 Å². The van der Waals surface area contributed by atoms with Crippen molar-refractivity contribution in [3.63, 3.8) is 0 Å². The summed E-state index contributed by atoms with van der Waals surface area (Å²) in [5.41, 5.74) is 0.236. The third-order valence-electron chi connectivity index (χ3n) is 9.64. The van der Waals surface area contributed by atoms with E-state index in [-0.39, 0.29) is 11.3 Å². The molecule has 0 unspecified atom stereocenters. The lowest BCUT2D eigenvalue weighted by molar-refractivity contribution is -0.132. The molecule has 0 heterocycles. The average molecular weight is 385 g/mol. The predicted molar refractivity (Wildman–Crippen MR) is 105 cm³/mol. The first-order valence-electron chi connectivity index (χ1n) is 11.3. The number of aliphatic carboxylic acids is 1. The molecule has 0 amide bonds. The van der Waals surface area contributed by atoms with E-state index in [9.17, 15) is 19.8 Å². The molecule has 4 fully saturated rings. The van der Waals surface area contributed by atoms with Gasteiger partial charge in [0.05, 0.1) is 5.60 Å². The lowest BCUT2D eigenvalue weighted by Crippen LogP contribution is -2.54. The first kappa shape index (κ1) is 18.6. The van der Waals surface area contributed by atoms with Crippen molar-refractivity contribution in [2.75, 3.05) is 0 Å². The molecule has 0 bridgehead atoms. The molecule has 8 atom stereocenters. The van der Waals surface area contributed by atoms with Crippen LogP contribution in [-0.4, -0.2) is 27.6 Å². The summed E-state index contributed by atoms with van der Waals surface area (Å²) in [6.07, 6.45) is 13.9. The van der Waals surface area contributed by atoms with Gasteiger partial charge in [0.15, 0.2) is 5.78 Å².